The smallest absolute Gasteiger partial charge is 0.163 e. The van der Waals surface area contributed by atoms with Crippen LogP contribution in [0.2, 0.25) is 0 Å². The number of anilines is 2. The number of piperidine rings is 1. The average molecular weight is 567 g/mol. The fraction of sp³-hybridized carbons (Fsp3) is 0.500. The molecule has 0 radical (unpaired) electrons. The number of benzene rings is 2. The number of fused-ring (bicyclic) bond motifs is 2. The highest BCUT2D eigenvalue weighted by atomic mass is 16.5. The van der Waals surface area contributed by atoms with E-state index in [0.717, 1.165) is 86.0 Å². The maximum Gasteiger partial charge on any atom is 0.163 e. The van der Waals surface area contributed by atoms with Gasteiger partial charge in [0.25, 0.3) is 0 Å². The lowest BCUT2D eigenvalue weighted by molar-refractivity contribution is -0.0499. The average Bonchev–Trinajstić information content (AvgIpc) is 3.35. The molecule has 2 aromatic carbocycles. The van der Waals surface area contributed by atoms with Crippen LogP contribution in [0.3, 0.4) is 0 Å². The predicted octanol–water partition coefficient (Wildman–Crippen LogP) is 5.44. The van der Waals surface area contributed by atoms with Crippen molar-refractivity contribution in [3.05, 3.63) is 65.0 Å². The second kappa shape index (κ2) is 10.1. The van der Waals surface area contributed by atoms with Crippen molar-refractivity contribution in [1.29, 1.82) is 0 Å². The van der Waals surface area contributed by atoms with Gasteiger partial charge in [0, 0.05) is 79.8 Å². The van der Waals surface area contributed by atoms with Gasteiger partial charge in [-0.3, -0.25) is 4.68 Å². The van der Waals surface area contributed by atoms with Crippen molar-refractivity contribution in [2.45, 2.75) is 58.6 Å². The van der Waals surface area contributed by atoms with Crippen LogP contribution < -0.4 is 9.80 Å². The van der Waals surface area contributed by atoms with Gasteiger partial charge in [0.2, 0.25) is 0 Å². The van der Waals surface area contributed by atoms with Gasteiger partial charge in [-0.25, -0.2) is 9.97 Å². The van der Waals surface area contributed by atoms with Crippen LogP contribution in [0.15, 0.2) is 42.6 Å². The van der Waals surface area contributed by atoms with Gasteiger partial charge in [0.1, 0.15) is 5.82 Å². The molecule has 7 rings (SSSR count). The Bertz CT molecular complexity index is 1660. The van der Waals surface area contributed by atoms with E-state index in [0.29, 0.717) is 0 Å². The Hall–Kier alpha value is -3.49. The lowest BCUT2D eigenvalue weighted by atomic mass is 9.80. The molecule has 2 aromatic heterocycles. The minimum Gasteiger partial charge on any atom is -0.381 e. The summed E-state index contributed by atoms with van der Waals surface area (Å²) >= 11 is 0. The van der Waals surface area contributed by atoms with E-state index in [-0.39, 0.29) is 16.9 Å². The first-order chi connectivity index (χ1) is 20.2. The number of hydrogen-bond donors (Lipinski definition) is 0. The SMILES string of the molecule is CO[C@H]1CCN(c2nc(-c3cccc4cnn(C)c34)nc3c2CN(c2cc(C4(C)COC4)ccc2C)CC3)CC1(C)C. The van der Waals surface area contributed by atoms with Crippen molar-refractivity contribution in [1.82, 2.24) is 19.7 Å². The Kier molecular flexibility index (Phi) is 6.55. The van der Waals surface area contributed by atoms with Crippen molar-refractivity contribution in [2.24, 2.45) is 12.5 Å². The summed E-state index contributed by atoms with van der Waals surface area (Å²) < 4.78 is 13.4. The summed E-state index contributed by atoms with van der Waals surface area (Å²) in [4.78, 5) is 15.7. The molecular weight excluding hydrogens is 524 g/mol. The third-order valence-electron chi connectivity index (χ3n) is 9.84. The lowest BCUT2D eigenvalue weighted by Gasteiger charge is -2.45. The van der Waals surface area contributed by atoms with Gasteiger partial charge in [0.05, 0.1) is 36.7 Å². The van der Waals surface area contributed by atoms with Crippen LogP contribution in [0.1, 0.15) is 49.6 Å². The highest BCUT2D eigenvalue weighted by Gasteiger charge is 2.39. The van der Waals surface area contributed by atoms with Gasteiger partial charge in [-0.15, -0.1) is 0 Å². The molecule has 0 bridgehead atoms. The summed E-state index contributed by atoms with van der Waals surface area (Å²) in [5.74, 6) is 1.85. The van der Waals surface area contributed by atoms with E-state index in [1.54, 1.807) is 0 Å². The Morgan fingerprint density at radius 2 is 1.86 bits per heavy atom. The molecule has 8 nitrogen and oxygen atoms in total. The molecule has 1 atom stereocenters. The van der Waals surface area contributed by atoms with Crippen LogP contribution in [0, 0.1) is 12.3 Å². The number of nitrogens with zero attached hydrogens (tertiary/aromatic N) is 6. The van der Waals surface area contributed by atoms with E-state index in [1.807, 2.05) is 25.0 Å². The van der Waals surface area contributed by atoms with Crippen molar-refractivity contribution < 1.29 is 9.47 Å². The summed E-state index contributed by atoms with van der Waals surface area (Å²) in [6.45, 7) is 14.2. The van der Waals surface area contributed by atoms with E-state index >= 15 is 0 Å². The van der Waals surface area contributed by atoms with Crippen LogP contribution in [-0.2, 0) is 34.9 Å². The Balaban J connectivity index is 1.32. The van der Waals surface area contributed by atoms with E-state index in [2.05, 4.69) is 79.0 Å². The molecule has 0 unspecified atom stereocenters. The van der Waals surface area contributed by atoms with Crippen LogP contribution in [0.25, 0.3) is 22.3 Å². The second-order valence-corrected chi connectivity index (χ2v) is 13.5. The number of para-hydroxylation sites is 1. The molecular formula is C34H42N6O2. The fourth-order valence-electron chi connectivity index (χ4n) is 7.25. The minimum absolute atomic E-state index is 0.00656. The third kappa shape index (κ3) is 4.47. The van der Waals surface area contributed by atoms with E-state index < -0.39 is 0 Å². The van der Waals surface area contributed by atoms with E-state index in [4.69, 9.17) is 19.4 Å². The van der Waals surface area contributed by atoms with Crippen LogP contribution in [-0.4, -0.2) is 65.8 Å². The largest absolute Gasteiger partial charge is 0.381 e. The zero-order chi connectivity index (χ0) is 29.2. The third-order valence-corrected chi connectivity index (χ3v) is 9.84. The molecule has 0 aliphatic carbocycles. The zero-order valence-electron chi connectivity index (χ0n) is 25.8. The van der Waals surface area contributed by atoms with Gasteiger partial charge < -0.3 is 19.3 Å². The zero-order valence-corrected chi connectivity index (χ0v) is 25.8. The number of ether oxygens (including phenoxy) is 2. The van der Waals surface area contributed by atoms with Crippen molar-refractivity contribution in [3.63, 3.8) is 0 Å². The van der Waals surface area contributed by atoms with Gasteiger partial charge in [-0.1, -0.05) is 45.0 Å². The summed E-state index contributed by atoms with van der Waals surface area (Å²) in [6.07, 6.45) is 4.00. The molecule has 4 aromatic rings. The monoisotopic (exact) mass is 566 g/mol. The predicted molar refractivity (Wildman–Crippen MR) is 167 cm³/mol. The molecule has 0 saturated carbocycles. The summed E-state index contributed by atoms with van der Waals surface area (Å²) in [5, 5.41) is 5.63. The molecule has 42 heavy (non-hydrogen) atoms. The summed E-state index contributed by atoms with van der Waals surface area (Å²) in [7, 11) is 3.83. The second-order valence-electron chi connectivity index (χ2n) is 13.5. The first-order valence-electron chi connectivity index (χ1n) is 15.2. The maximum absolute atomic E-state index is 5.90. The highest BCUT2D eigenvalue weighted by Crippen LogP contribution is 2.40. The Morgan fingerprint density at radius 3 is 2.60 bits per heavy atom. The van der Waals surface area contributed by atoms with Gasteiger partial charge in [-0.05, 0) is 36.6 Å². The van der Waals surface area contributed by atoms with E-state index in [1.165, 1.54) is 22.4 Å². The van der Waals surface area contributed by atoms with Crippen LogP contribution in [0.5, 0.6) is 0 Å². The molecule has 3 aliphatic heterocycles. The Labute approximate surface area is 248 Å². The van der Waals surface area contributed by atoms with E-state index in [9.17, 15) is 0 Å². The summed E-state index contributed by atoms with van der Waals surface area (Å²) in [6, 6.07) is 13.3. The summed E-state index contributed by atoms with van der Waals surface area (Å²) in [5.41, 5.74) is 8.58. The standard InChI is InChI=1S/C34H42N6O2/c1-22-10-11-24(34(4)20-42-21-34)16-28(22)39-14-12-27-26(18-39)32(40-15-13-29(41-6)33(2,3)19-40)37-31(36-27)25-9-7-8-23-17-35-38(5)30(23)25/h7-11,16-17,29H,12-15,18-21H2,1-6H3/t29-/m0/s1. The fourth-order valence-corrected chi connectivity index (χ4v) is 7.25. The van der Waals surface area contributed by atoms with Gasteiger partial charge in [0.15, 0.2) is 5.82 Å². The minimum atomic E-state index is 0.00656. The van der Waals surface area contributed by atoms with Crippen molar-refractivity contribution in [2.75, 3.05) is 49.8 Å². The molecule has 3 aliphatic rings. The number of aromatic nitrogens is 4. The van der Waals surface area contributed by atoms with Crippen molar-refractivity contribution >= 4 is 22.4 Å². The number of rotatable bonds is 5. The topological polar surface area (TPSA) is 68.5 Å². The normalized spacial score (nSPS) is 21.3. The molecule has 0 amide bonds. The molecule has 220 valence electrons. The Morgan fingerprint density at radius 1 is 1.02 bits per heavy atom. The molecule has 5 heterocycles. The quantitative estimate of drug-likeness (QED) is 0.319. The van der Waals surface area contributed by atoms with Gasteiger partial charge >= 0.3 is 0 Å². The highest BCUT2D eigenvalue weighted by molar-refractivity contribution is 5.92. The van der Waals surface area contributed by atoms with Crippen LogP contribution >= 0.6 is 0 Å². The van der Waals surface area contributed by atoms with Crippen molar-refractivity contribution in [3.8, 4) is 11.4 Å². The van der Waals surface area contributed by atoms with Gasteiger partial charge in [-0.2, -0.15) is 5.10 Å². The molecule has 8 heteroatoms. The number of aryl methyl sites for hydroxylation is 2. The molecule has 2 saturated heterocycles. The molecule has 0 spiro atoms. The molecule has 0 N–H and O–H groups in total. The first-order valence-corrected chi connectivity index (χ1v) is 15.2. The molecule has 2 fully saturated rings. The number of hydrogen-bond acceptors (Lipinski definition) is 7. The van der Waals surface area contributed by atoms with Crippen LogP contribution in [0.4, 0.5) is 11.5 Å². The first kappa shape index (κ1) is 27.3. The lowest BCUT2D eigenvalue weighted by Crippen LogP contribution is -2.50. The number of methoxy groups -OCH3 is 1. The maximum atomic E-state index is 5.90.